The molecule has 0 saturated carbocycles. The SMILES string of the molecule is C=CCNC(=NCc1nnc(C)n1C)NCC1CCCOC1C(C)(C)C.I. The second-order valence-corrected chi connectivity index (χ2v) is 8.00. The second kappa shape index (κ2) is 11.0. The number of nitrogens with zero attached hydrogens (tertiary/aromatic N) is 4. The summed E-state index contributed by atoms with van der Waals surface area (Å²) in [5.74, 6) is 2.97. The highest BCUT2D eigenvalue weighted by molar-refractivity contribution is 14.0. The Kier molecular flexibility index (Phi) is 9.72. The van der Waals surface area contributed by atoms with Gasteiger partial charge in [-0.2, -0.15) is 0 Å². The van der Waals surface area contributed by atoms with Gasteiger partial charge in [-0.15, -0.1) is 40.8 Å². The van der Waals surface area contributed by atoms with Gasteiger partial charge in [0.15, 0.2) is 11.8 Å². The Morgan fingerprint density at radius 1 is 1.37 bits per heavy atom. The maximum Gasteiger partial charge on any atom is 0.191 e. The van der Waals surface area contributed by atoms with Crippen molar-refractivity contribution in [1.82, 2.24) is 25.4 Å². The van der Waals surface area contributed by atoms with E-state index in [0.717, 1.165) is 37.2 Å². The first-order valence-corrected chi connectivity index (χ1v) is 9.42. The van der Waals surface area contributed by atoms with Gasteiger partial charge in [0.05, 0.1) is 6.10 Å². The van der Waals surface area contributed by atoms with E-state index in [1.54, 1.807) is 0 Å². The third-order valence-electron chi connectivity index (χ3n) is 4.81. The van der Waals surface area contributed by atoms with Crippen molar-refractivity contribution in [2.24, 2.45) is 23.4 Å². The summed E-state index contributed by atoms with van der Waals surface area (Å²) in [7, 11) is 1.96. The molecule has 0 radical (unpaired) electrons. The molecule has 1 aliphatic heterocycles. The third-order valence-corrected chi connectivity index (χ3v) is 4.81. The summed E-state index contributed by atoms with van der Waals surface area (Å²) in [5.41, 5.74) is 0.134. The van der Waals surface area contributed by atoms with Crippen LogP contribution in [0.25, 0.3) is 0 Å². The topological polar surface area (TPSA) is 76.4 Å². The van der Waals surface area contributed by atoms with Crippen LogP contribution in [-0.2, 0) is 18.3 Å². The normalized spacial score (nSPS) is 20.7. The van der Waals surface area contributed by atoms with E-state index >= 15 is 0 Å². The summed E-state index contributed by atoms with van der Waals surface area (Å²) in [6.45, 7) is 15.3. The van der Waals surface area contributed by atoms with Gasteiger partial charge in [0.25, 0.3) is 0 Å². The third kappa shape index (κ3) is 7.06. The van der Waals surface area contributed by atoms with Gasteiger partial charge in [0.1, 0.15) is 12.4 Å². The van der Waals surface area contributed by atoms with Gasteiger partial charge in [0.2, 0.25) is 0 Å². The molecule has 2 heterocycles. The Hall–Kier alpha value is -1.16. The Morgan fingerprint density at radius 2 is 2.11 bits per heavy atom. The monoisotopic (exact) mass is 490 g/mol. The maximum absolute atomic E-state index is 6.08. The molecule has 2 unspecified atom stereocenters. The summed E-state index contributed by atoms with van der Waals surface area (Å²) >= 11 is 0. The lowest BCUT2D eigenvalue weighted by Gasteiger charge is -2.40. The van der Waals surface area contributed by atoms with Gasteiger partial charge in [-0.1, -0.05) is 26.8 Å². The van der Waals surface area contributed by atoms with E-state index in [9.17, 15) is 0 Å². The number of aliphatic imine (C=N–C) groups is 1. The molecule has 27 heavy (non-hydrogen) atoms. The highest BCUT2D eigenvalue weighted by atomic mass is 127. The van der Waals surface area contributed by atoms with E-state index in [1.807, 2.05) is 24.6 Å². The van der Waals surface area contributed by atoms with Crippen LogP contribution in [0.4, 0.5) is 0 Å². The molecule has 2 rings (SSSR count). The molecule has 0 aliphatic carbocycles. The Balaban J connectivity index is 0.00000364. The van der Waals surface area contributed by atoms with Crippen LogP contribution in [0.3, 0.4) is 0 Å². The number of aryl methyl sites for hydroxylation is 1. The predicted molar refractivity (Wildman–Crippen MR) is 120 cm³/mol. The van der Waals surface area contributed by atoms with Gasteiger partial charge < -0.3 is 19.9 Å². The average molecular weight is 490 g/mol. The number of rotatable bonds is 6. The number of guanidine groups is 1. The van der Waals surface area contributed by atoms with Gasteiger partial charge in [-0.05, 0) is 25.2 Å². The summed E-state index contributed by atoms with van der Waals surface area (Å²) in [6, 6.07) is 0. The standard InChI is InChI=1S/C19H34N6O.HI/c1-7-10-20-18(22-13-16-24-23-14(2)25(16)6)21-12-15-9-8-11-26-17(15)19(3,4)5;/h7,15,17H,1,8-13H2,2-6H3,(H2,20,21,22);1H. The lowest BCUT2D eigenvalue weighted by molar-refractivity contribution is -0.0835. The molecule has 0 aromatic carbocycles. The first kappa shape index (κ1) is 23.9. The summed E-state index contributed by atoms with van der Waals surface area (Å²) < 4.78 is 8.04. The molecule has 1 aromatic rings. The van der Waals surface area contributed by atoms with Crippen molar-refractivity contribution >= 4 is 29.9 Å². The molecule has 154 valence electrons. The Bertz CT molecular complexity index is 622. The first-order chi connectivity index (χ1) is 12.3. The van der Waals surface area contributed by atoms with Crippen molar-refractivity contribution in [3.05, 3.63) is 24.3 Å². The number of aromatic nitrogens is 3. The molecule has 1 fully saturated rings. The zero-order valence-electron chi connectivity index (χ0n) is 17.3. The van der Waals surface area contributed by atoms with Crippen molar-refractivity contribution in [2.45, 2.75) is 53.2 Å². The number of ether oxygens (including phenoxy) is 1. The van der Waals surface area contributed by atoms with Crippen molar-refractivity contribution in [1.29, 1.82) is 0 Å². The smallest absolute Gasteiger partial charge is 0.191 e. The number of hydrogen-bond acceptors (Lipinski definition) is 4. The van der Waals surface area contributed by atoms with Crippen LogP contribution in [0.5, 0.6) is 0 Å². The number of nitrogens with one attached hydrogen (secondary N) is 2. The minimum atomic E-state index is 0. The van der Waals surface area contributed by atoms with Crippen molar-refractivity contribution < 1.29 is 4.74 Å². The Morgan fingerprint density at radius 3 is 2.70 bits per heavy atom. The largest absolute Gasteiger partial charge is 0.377 e. The van der Waals surface area contributed by atoms with E-state index in [4.69, 9.17) is 4.74 Å². The van der Waals surface area contributed by atoms with E-state index in [0.29, 0.717) is 19.0 Å². The molecular weight excluding hydrogens is 455 g/mol. The molecule has 1 aliphatic rings. The van der Waals surface area contributed by atoms with Crippen LogP contribution in [0.15, 0.2) is 17.6 Å². The molecule has 1 aromatic heterocycles. The molecule has 8 heteroatoms. The first-order valence-electron chi connectivity index (χ1n) is 9.42. The fraction of sp³-hybridized carbons (Fsp3) is 0.737. The van der Waals surface area contributed by atoms with Crippen LogP contribution in [0.1, 0.15) is 45.3 Å². The van der Waals surface area contributed by atoms with Gasteiger partial charge >= 0.3 is 0 Å². The summed E-state index contributed by atoms with van der Waals surface area (Å²) in [6.07, 6.45) is 4.37. The molecule has 0 bridgehead atoms. The van der Waals surface area contributed by atoms with Gasteiger partial charge in [0, 0.05) is 32.7 Å². The molecule has 0 amide bonds. The molecule has 2 N–H and O–H groups in total. The van der Waals surface area contributed by atoms with E-state index in [-0.39, 0.29) is 35.5 Å². The van der Waals surface area contributed by atoms with Crippen LogP contribution >= 0.6 is 24.0 Å². The van der Waals surface area contributed by atoms with Gasteiger partial charge in [-0.3, -0.25) is 0 Å². The minimum Gasteiger partial charge on any atom is -0.377 e. The highest BCUT2D eigenvalue weighted by Gasteiger charge is 2.35. The zero-order valence-corrected chi connectivity index (χ0v) is 19.6. The van der Waals surface area contributed by atoms with Crippen LogP contribution in [-0.4, -0.2) is 46.5 Å². The fourth-order valence-electron chi connectivity index (χ4n) is 3.32. The summed E-state index contributed by atoms with van der Waals surface area (Å²) in [4.78, 5) is 4.66. The highest BCUT2D eigenvalue weighted by Crippen LogP contribution is 2.33. The predicted octanol–water partition coefficient (Wildman–Crippen LogP) is 2.80. The lowest BCUT2D eigenvalue weighted by atomic mass is 9.78. The maximum atomic E-state index is 6.08. The molecule has 0 spiro atoms. The lowest BCUT2D eigenvalue weighted by Crippen LogP contribution is -2.47. The van der Waals surface area contributed by atoms with Gasteiger partial charge in [-0.25, -0.2) is 4.99 Å². The molecule has 2 atom stereocenters. The number of hydrogen-bond donors (Lipinski definition) is 2. The Labute approximate surface area is 180 Å². The van der Waals surface area contributed by atoms with E-state index in [1.165, 1.54) is 6.42 Å². The van der Waals surface area contributed by atoms with Crippen LogP contribution in [0.2, 0.25) is 0 Å². The van der Waals surface area contributed by atoms with Crippen molar-refractivity contribution in [3.63, 3.8) is 0 Å². The van der Waals surface area contributed by atoms with Crippen molar-refractivity contribution in [3.8, 4) is 0 Å². The molecular formula is C19H35IN6O. The van der Waals surface area contributed by atoms with Crippen molar-refractivity contribution in [2.75, 3.05) is 19.7 Å². The summed E-state index contributed by atoms with van der Waals surface area (Å²) in [5, 5.41) is 15.0. The number of halogens is 1. The van der Waals surface area contributed by atoms with E-state index in [2.05, 4.69) is 53.2 Å². The van der Waals surface area contributed by atoms with Crippen LogP contribution < -0.4 is 10.6 Å². The molecule has 1 saturated heterocycles. The quantitative estimate of drug-likeness (QED) is 0.278. The van der Waals surface area contributed by atoms with E-state index < -0.39 is 0 Å². The average Bonchev–Trinajstić information content (AvgIpc) is 2.92. The second-order valence-electron chi connectivity index (χ2n) is 8.00. The fourth-order valence-corrected chi connectivity index (χ4v) is 3.32. The zero-order chi connectivity index (χ0) is 19.2. The molecule has 7 nitrogen and oxygen atoms in total. The van der Waals surface area contributed by atoms with Crippen LogP contribution in [0, 0.1) is 18.3 Å². The minimum absolute atomic E-state index is 0.